The normalized spacial score (nSPS) is 18.1. The van der Waals surface area contributed by atoms with E-state index in [0.29, 0.717) is 17.9 Å². The molecule has 4 N–H and O–H groups in total. The first-order valence-corrected chi connectivity index (χ1v) is 11.6. The molecule has 9 nitrogen and oxygen atoms in total. The molecule has 2 aromatic heterocycles. The molecule has 5 rings (SSSR count). The van der Waals surface area contributed by atoms with Crippen molar-refractivity contribution in [2.45, 2.75) is 49.0 Å². The van der Waals surface area contributed by atoms with E-state index in [1.54, 1.807) is 6.20 Å². The van der Waals surface area contributed by atoms with E-state index in [9.17, 15) is 17.6 Å². The Bertz CT molecular complexity index is 1310. The molecule has 0 saturated heterocycles. The fourth-order valence-corrected chi connectivity index (χ4v) is 5.32. The van der Waals surface area contributed by atoms with Crippen molar-refractivity contribution in [2.75, 3.05) is 10.6 Å². The lowest BCUT2D eigenvalue weighted by molar-refractivity contribution is -0.119. The topological polar surface area (TPSA) is 132 Å². The van der Waals surface area contributed by atoms with Crippen LogP contribution < -0.4 is 15.8 Å². The zero-order chi connectivity index (χ0) is 21.8. The molecular formula is C20H21FN6O3S. The molecule has 162 valence electrons. The van der Waals surface area contributed by atoms with Crippen molar-refractivity contribution in [3.8, 4) is 0 Å². The average molecular weight is 444 g/mol. The Balaban J connectivity index is 1.55. The number of rotatable bonds is 3. The highest BCUT2D eigenvalue weighted by atomic mass is 32.2. The number of hydrogen-bond donors (Lipinski definition) is 3. The molecule has 1 aliphatic carbocycles. The van der Waals surface area contributed by atoms with Gasteiger partial charge in [0, 0.05) is 17.3 Å². The Morgan fingerprint density at radius 2 is 1.97 bits per heavy atom. The van der Waals surface area contributed by atoms with Crippen LogP contribution in [0.25, 0.3) is 11.0 Å². The molecule has 11 heteroatoms. The second-order valence-corrected chi connectivity index (χ2v) is 9.69. The Kier molecular flexibility index (Phi) is 4.48. The largest absolute Gasteiger partial charge is 0.324 e. The maximum absolute atomic E-state index is 14.2. The highest BCUT2D eigenvalue weighted by Gasteiger charge is 2.42. The summed E-state index contributed by atoms with van der Waals surface area (Å²) in [4.78, 5) is 20.7. The lowest BCUT2D eigenvalue weighted by atomic mass is 9.78. The van der Waals surface area contributed by atoms with Crippen LogP contribution in [-0.4, -0.2) is 28.9 Å². The van der Waals surface area contributed by atoms with Crippen LogP contribution in [0, 0.1) is 5.82 Å². The van der Waals surface area contributed by atoms with Crippen molar-refractivity contribution in [1.29, 1.82) is 0 Å². The fourth-order valence-electron chi connectivity index (χ4n) is 4.74. The Morgan fingerprint density at radius 3 is 2.68 bits per heavy atom. The van der Waals surface area contributed by atoms with Crippen LogP contribution in [0.1, 0.15) is 38.5 Å². The van der Waals surface area contributed by atoms with Crippen LogP contribution in [0.15, 0.2) is 35.4 Å². The number of nitrogens with zero attached hydrogens (tertiary/aromatic N) is 3. The molecule has 0 unspecified atom stereocenters. The van der Waals surface area contributed by atoms with Gasteiger partial charge >= 0.3 is 0 Å². The summed E-state index contributed by atoms with van der Waals surface area (Å²) in [6.07, 6.45) is 7.13. The van der Waals surface area contributed by atoms with Crippen molar-refractivity contribution in [3.63, 3.8) is 0 Å². The number of aromatic nitrogens is 3. The van der Waals surface area contributed by atoms with Gasteiger partial charge < -0.3 is 15.2 Å². The second kappa shape index (κ2) is 6.99. The molecule has 3 heterocycles. The van der Waals surface area contributed by atoms with Crippen molar-refractivity contribution in [3.05, 3.63) is 36.3 Å². The number of hydrogen-bond acceptors (Lipinski definition) is 6. The Morgan fingerprint density at radius 1 is 1.19 bits per heavy atom. The highest BCUT2D eigenvalue weighted by molar-refractivity contribution is 7.89. The predicted molar refractivity (Wildman–Crippen MR) is 113 cm³/mol. The Labute approximate surface area is 177 Å². The molecule has 1 fully saturated rings. The number of carbonyl (C=O) groups excluding carboxylic acids is 1. The molecule has 2 aliphatic rings. The summed E-state index contributed by atoms with van der Waals surface area (Å²) in [6.45, 7) is 0. The average Bonchev–Trinajstić information content (AvgIpc) is 3.05. The lowest BCUT2D eigenvalue weighted by Crippen LogP contribution is -2.44. The van der Waals surface area contributed by atoms with E-state index in [1.807, 2.05) is 6.07 Å². The van der Waals surface area contributed by atoms with Gasteiger partial charge in [-0.25, -0.2) is 22.9 Å². The van der Waals surface area contributed by atoms with Gasteiger partial charge in [0.15, 0.2) is 0 Å². The number of amides is 1. The van der Waals surface area contributed by atoms with Crippen molar-refractivity contribution >= 4 is 44.4 Å². The predicted octanol–water partition coefficient (Wildman–Crippen LogP) is 2.96. The van der Waals surface area contributed by atoms with E-state index in [0.717, 1.165) is 49.6 Å². The highest BCUT2D eigenvalue weighted by Crippen LogP contribution is 2.45. The number of anilines is 3. The molecule has 0 atom stereocenters. The number of carbonyl (C=O) groups is 1. The van der Waals surface area contributed by atoms with Crippen LogP contribution in [0.2, 0.25) is 0 Å². The van der Waals surface area contributed by atoms with Crippen LogP contribution in [0.3, 0.4) is 0 Å². The molecule has 0 bridgehead atoms. The first-order valence-electron chi connectivity index (χ1n) is 10.0. The molecule has 1 spiro atoms. The van der Waals surface area contributed by atoms with Gasteiger partial charge in [-0.05, 0) is 37.1 Å². The molecular weight excluding hydrogens is 423 g/mol. The number of sulfonamides is 1. The summed E-state index contributed by atoms with van der Waals surface area (Å²) in [6, 6.07) is 5.39. The van der Waals surface area contributed by atoms with Gasteiger partial charge in [-0.1, -0.05) is 19.3 Å². The first-order chi connectivity index (χ1) is 14.7. The first kappa shape index (κ1) is 19.9. The van der Waals surface area contributed by atoms with Crippen LogP contribution in [0.4, 0.5) is 21.8 Å². The molecule has 31 heavy (non-hydrogen) atoms. The molecule has 1 amide bonds. The quantitative estimate of drug-likeness (QED) is 0.569. The van der Waals surface area contributed by atoms with E-state index in [2.05, 4.69) is 25.2 Å². The minimum absolute atomic E-state index is 0.00827. The number of nitrogens with one attached hydrogen (secondary N) is 2. The van der Waals surface area contributed by atoms with Gasteiger partial charge in [0.05, 0.1) is 12.0 Å². The summed E-state index contributed by atoms with van der Waals surface area (Å²) >= 11 is 0. The van der Waals surface area contributed by atoms with Crippen molar-refractivity contribution < 1.29 is 17.6 Å². The van der Waals surface area contributed by atoms with Gasteiger partial charge in [-0.15, -0.1) is 0 Å². The molecule has 1 aliphatic heterocycles. The van der Waals surface area contributed by atoms with E-state index in [-0.39, 0.29) is 23.1 Å². The van der Waals surface area contributed by atoms with Crippen molar-refractivity contribution in [1.82, 2.24) is 14.5 Å². The van der Waals surface area contributed by atoms with E-state index in [1.165, 1.54) is 6.07 Å². The van der Waals surface area contributed by atoms with Crippen LogP contribution >= 0.6 is 0 Å². The van der Waals surface area contributed by atoms with Gasteiger partial charge in [0.25, 0.3) is 0 Å². The van der Waals surface area contributed by atoms with Gasteiger partial charge in [0.2, 0.25) is 21.9 Å². The molecule has 3 aromatic rings. The number of primary sulfonamides is 1. The maximum Gasteiger partial charge on any atom is 0.240 e. The second-order valence-electron chi connectivity index (χ2n) is 8.16. The third-order valence-corrected chi connectivity index (χ3v) is 7.00. The van der Waals surface area contributed by atoms with Gasteiger partial charge in [0.1, 0.15) is 22.2 Å². The zero-order valence-corrected chi connectivity index (χ0v) is 17.4. The van der Waals surface area contributed by atoms with E-state index in [4.69, 9.17) is 5.14 Å². The SMILES string of the molecule is NS(=O)(=O)c1ccc(Nc2ncc3cc4n(c3n2)C2(CCCCC2)CC(=O)N4)cc1F. The number of halogens is 1. The van der Waals surface area contributed by atoms with Gasteiger partial charge in [-0.2, -0.15) is 4.98 Å². The molecule has 1 aromatic carbocycles. The fraction of sp³-hybridized carbons (Fsp3) is 0.350. The number of fused-ring (bicyclic) bond motifs is 4. The third-order valence-electron chi connectivity index (χ3n) is 6.05. The van der Waals surface area contributed by atoms with E-state index < -0.39 is 20.7 Å². The minimum atomic E-state index is -4.15. The molecule has 0 radical (unpaired) electrons. The van der Waals surface area contributed by atoms with E-state index >= 15 is 0 Å². The Hall–Kier alpha value is -3.05. The number of benzene rings is 1. The monoisotopic (exact) mass is 444 g/mol. The van der Waals surface area contributed by atoms with Gasteiger partial charge in [-0.3, -0.25) is 4.79 Å². The summed E-state index contributed by atoms with van der Waals surface area (Å²) in [5, 5.41) is 11.7. The summed E-state index contributed by atoms with van der Waals surface area (Å²) in [5.41, 5.74) is 0.679. The maximum atomic E-state index is 14.2. The summed E-state index contributed by atoms with van der Waals surface area (Å²) < 4.78 is 39.1. The van der Waals surface area contributed by atoms with Crippen LogP contribution in [0.5, 0.6) is 0 Å². The number of nitrogens with two attached hydrogens (primary N) is 1. The standard InChI is InChI=1S/C20H21FN6O3S/c21-14-9-13(4-5-15(14)31(22,29)30)24-19-23-11-12-8-16-25-17(28)10-20(6-2-1-3-7-20)27(16)18(12)26-19/h4-5,8-9,11H,1-3,6-7,10H2,(H,25,28)(H2,22,29,30)(H,23,24,26). The molecule has 1 saturated carbocycles. The smallest absolute Gasteiger partial charge is 0.240 e. The minimum Gasteiger partial charge on any atom is -0.324 e. The van der Waals surface area contributed by atoms with Crippen LogP contribution in [-0.2, 0) is 20.4 Å². The van der Waals surface area contributed by atoms with Crippen molar-refractivity contribution in [2.24, 2.45) is 5.14 Å². The lowest BCUT2D eigenvalue weighted by Gasteiger charge is -2.42. The third kappa shape index (κ3) is 3.43. The zero-order valence-electron chi connectivity index (χ0n) is 16.6. The summed E-state index contributed by atoms with van der Waals surface area (Å²) in [7, 11) is -4.15. The summed E-state index contributed by atoms with van der Waals surface area (Å²) in [5.74, 6) is -0.00591.